The molecule has 0 unspecified atom stereocenters. The Kier molecular flexibility index (Phi) is 4.18. The molecular formula is C15H22ClNO. The van der Waals surface area contributed by atoms with Crippen LogP contribution < -0.4 is 0 Å². The first kappa shape index (κ1) is 13.7. The summed E-state index contributed by atoms with van der Waals surface area (Å²) in [5.41, 5.74) is 2.63. The largest absolute Gasteiger partial charge is 0.508 e. The Labute approximate surface area is 115 Å². The number of hydrogen-bond acceptors (Lipinski definition) is 2. The molecule has 2 aliphatic rings. The topological polar surface area (TPSA) is 23.5 Å². The van der Waals surface area contributed by atoms with Crippen molar-refractivity contribution >= 4 is 12.4 Å². The minimum atomic E-state index is 0. The second-order valence-electron chi connectivity index (χ2n) is 5.38. The molecule has 1 aromatic rings. The summed E-state index contributed by atoms with van der Waals surface area (Å²) >= 11 is 0. The highest BCUT2D eigenvalue weighted by atomic mass is 35.5. The third kappa shape index (κ3) is 2.12. The molecule has 0 radical (unpaired) electrons. The third-order valence-electron chi connectivity index (χ3n) is 4.45. The molecule has 1 N–H and O–H groups in total. The Hall–Kier alpha value is -0.730. The van der Waals surface area contributed by atoms with Crippen molar-refractivity contribution in [3.8, 4) is 5.75 Å². The van der Waals surface area contributed by atoms with Gasteiger partial charge in [-0.1, -0.05) is 19.1 Å². The van der Waals surface area contributed by atoms with E-state index in [1.54, 1.807) is 0 Å². The third-order valence-corrected chi connectivity index (χ3v) is 4.45. The predicted octanol–water partition coefficient (Wildman–Crippen LogP) is 3.33. The lowest BCUT2D eigenvalue weighted by atomic mass is 9.79. The first-order chi connectivity index (χ1) is 8.31. The van der Waals surface area contributed by atoms with E-state index in [0.717, 1.165) is 12.5 Å². The normalized spacial score (nSPS) is 26.3. The summed E-state index contributed by atoms with van der Waals surface area (Å²) in [4.78, 5) is 2.65. The van der Waals surface area contributed by atoms with Crippen molar-refractivity contribution in [2.24, 2.45) is 0 Å². The van der Waals surface area contributed by atoms with Crippen LogP contribution in [0.15, 0.2) is 18.2 Å². The number of likely N-dealkylation sites (tertiary alicyclic amines) is 1. The summed E-state index contributed by atoms with van der Waals surface area (Å²) in [6.07, 6.45) is 4.77. The second kappa shape index (κ2) is 5.50. The Balaban J connectivity index is 0.00000120. The van der Waals surface area contributed by atoms with Gasteiger partial charge in [-0.2, -0.15) is 0 Å². The number of halogens is 1. The highest BCUT2D eigenvalue weighted by molar-refractivity contribution is 5.85. The standard InChI is InChI=1S/C15H21NO.ClH/c1-2-9-16-10-8-12-11-4-3-5-15(17)13(11)6-7-14(12)16;/h3-5,12,14,17H,2,6-10H2,1H3;1H/t12-,14+;/m0./s1. The van der Waals surface area contributed by atoms with Gasteiger partial charge >= 0.3 is 0 Å². The molecule has 2 nitrogen and oxygen atoms in total. The van der Waals surface area contributed by atoms with E-state index in [1.807, 2.05) is 12.1 Å². The molecule has 18 heavy (non-hydrogen) atoms. The number of hydrogen-bond donors (Lipinski definition) is 1. The molecule has 100 valence electrons. The number of nitrogens with zero attached hydrogens (tertiary/aromatic N) is 1. The van der Waals surface area contributed by atoms with Gasteiger partial charge < -0.3 is 5.11 Å². The molecule has 1 fully saturated rings. The van der Waals surface area contributed by atoms with Crippen LogP contribution in [0.5, 0.6) is 5.75 Å². The Morgan fingerprint density at radius 1 is 1.33 bits per heavy atom. The molecule has 1 aliphatic heterocycles. The average Bonchev–Trinajstić information content (AvgIpc) is 2.74. The molecule has 3 heteroatoms. The second-order valence-corrected chi connectivity index (χ2v) is 5.38. The smallest absolute Gasteiger partial charge is 0.119 e. The van der Waals surface area contributed by atoms with Crippen molar-refractivity contribution in [1.82, 2.24) is 4.90 Å². The molecule has 0 spiro atoms. The van der Waals surface area contributed by atoms with Crippen LogP contribution in [-0.4, -0.2) is 29.1 Å². The van der Waals surface area contributed by atoms with E-state index in [0.29, 0.717) is 11.7 Å². The molecule has 1 heterocycles. The number of benzene rings is 1. The van der Waals surface area contributed by atoms with E-state index in [2.05, 4.69) is 17.9 Å². The lowest BCUT2D eigenvalue weighted by Gasteiger charge is -2.33. The maximum absolute atomic E-state index is 9.93. The summed E-state index contributed by atoms with van der Waals surface area (Å²) < 4.78 is 0. The molecule has 1 aliphatic carbocycles. The number of phenols is 1. The maximum atomic E-state index is 9.93. The fraction of sp³-hybridized carbons (Fsp3) is 0.600. The molecule has 0 amide bonds. The van der Waals surface area contributed by atoms with Gasteiger partial charge in [0, 0.05) is 12.0 Å². The van der Waals surface area contributed by atoms with Crippen molar-refractivity contribution in [2.75, 3.05) is 13.1 Å². The summed E-state index contributed by atoms with van der Waals surface area (Å²) in [5, 5.41) is 9.93. The Morgan fingerprint density at radius 3 is 2.94 bits per heavy atom. The van der Waals surface area contributed by atoms with Crippen LogP contribution in [-0.2, 0) is 6.42 Å². The zero-order valence-corrected chi connectivity index (χ0v) is 11.7. The van der Waals surface area contributed by atoms with Gasteiger partial charge in [-0.05, 0) is 56.0 Å². The first-order valence-electron chi connectivity index (χ1n) is 6.86. The van der Waals surface area contributed by atoms with Crippen LogP contribution in [0.1, 0.15) is 43.2 Å². The quantitative estimate of drug-likeness (QED) is 0.889. The molecule has 0 saturated carbocycles. The monoisotopic (exact) mass is 267 g/mol. The van der Waals surface area contributed by atoms with Crippen molar-refractivity contribution in [3.63, 3.8) is 0 Å². The zero-order chi connectivity index (χ0) is 11.8. The fourth-order valence-corrected chi connectivity index (χ4v) is 3.73. The minimum absolute atomic E-state index is 0. The lowest BCUT2D eigenvalue weighted by molar-refractivity contribution is 0.226. The van der Waals surface area contributed by atoms with Crippen LogP contribution >= 0.6 is 12.4 Å². The van der Waals surface area contributed by atoms with Gasteiger partial charge in [0.2, 0.25) is 0 Å². The van der Waals surface area contributed by atoms with Crippen molar-refractivity contribution in [2.45, 2.75) is 44.6 Å². The Morgan fingerprint density at radius 2 is 2.17 bits per heavy atom. The van der Waals surface area contributed by atoms with E-state index in [9.17, 15) is 5.11 Å². The van der Waals surface area contributed by atoms with E-state index in [-0.39, 0.29) is 12.4 Å². The van der Waals surface area contributed by atoms with Gasteiger partial charge in [0.05, 0.1) is 0 Å². The minimum Gasteiger partial charge on any atom is -0.508 e. The predicted molar refractivity (Wildman–Crippen MR) is 76.7 cm³/mol. The van der Waals surface area contributed by atoms with Gasteiger partial charge in [-0.3, -0.25) is 4.90 Å². The van der Waals surface area contributed by atoms with Gasteiger partial charge in [0.25, 0.3) is 0 Å². The first-order valence-corrected chi connectivity index (χ1v) is 6.86. The van der Waals surface area contributed by atoms with Crippen LogP contribution in [0, 0.1) is 0 Å². The van der Waals surface area contributed by atoms with Crippen LogP contribution in [0.3, 0.4) is 0 Å². The van der Waals surface area contributed by atoms with E-state index in [1.165, 1.54) is 43.5 Å². The van der Waals surface area contributed by atoms with Gasteiger partial charge in [0.1, 0.15) is 5.75 Å². The molecule has 3 rings (SSSR count). The molecule has 0 bridgehead atoms. The van der Waals surface area contributed by atoms with Crippen molar-refractivity contribution < 1.29 is 5.11 Å². The van der Waals surface area contributed by atoms with Gasteiger partial charge in [-0.25, -0.2) is 0 Å². The highest BCUT2D eigenvalue weighted by Crippen LogP contribution is 2.43. The van der Waals surface area contributed by atoms with Crippen molar-refractivity contribution in [3.05, 3.63) is 29.3 Å². The zero-order valence-electron chi connectivity index (χ0n) is 10.9. The van der Waals surface area contributed by atoms with Gasteiger partial charge in [-0.15, -0.1) is 12.4 Å². The Bertz CT molecular complexity index is 421. The van der Waals surface area contributed by atoms with Crippen LogP contribution in [0.25, 0.3) is 0 Å². The number of rotatable bonds is 2. The summed E-state index contributed by atoms with van der Waals surface area (Å²) in [7, 11) is 0. The molecular weight excluding hydrogens is 246 g/mol. The number of fused-ring (bicyclic) bond motifs is 3. The summed E-state index contributed by atoms with van der Waals surface area (Å²) in [6, 6.07) is 6.78. The molecule has 1 aromatic carbocycles. The summed E-state index contributed by atoms with van der Waals surface area (Å²) in [5.74, 6) is 1.17. The SMILES string of the molecule is CCCN1CC[C@H]2c3cccc(O)c3CC[C@H]21.Cl. The number of aromatic hydroxyl groups is 1. The van der Waals surface area contributed by atoms with E-state index >= 15 is 0 Å². The van der Waals surface area contributed by atoms with Crippen molar-refractivity contribution in [1.29, 1.82) is 0 Å². The maximum Gasteiger partial charge on any atom is 0.119 e. The number of phenolic OH excluding ortho intramolecular Hbond substituents is 1. The van der Waals surface area contributed by atoms with E-state index in [4.69, 9.17) is 0 Å². The van der Waals surface area contributed by atoms with Crippen LogP contribution in [0.4, 0.5) is 0 Å². The molecule has 0 aromatic heterocycles. The molecule has 1 saturated heterocycles. The molecule has 2 atom stereocenters. The van der Waals surface area contributed by atoms with Gasteiger partial charge in [0.15, 0.2) is 0 Å². The summed E-state index contributed by atoms with van der Waals surface area (Å²) in [6.45, 7) is 4.73. The van der Waals surface area contributed by atoms with E-state index < -0.39 is 0 Å². The fourth-order valence-electron chi connectivity index (χ4n) is 3.73. The lowest BCUT2D eigenvalue weighted by Crippen LogP contribution is -2.35. The average molecular weight is 268 g/mol. The van der Waals surface area contributed by atoms with Crippen LogP contribution in [0.2, 0.25) is 0 Å². The highest BCUT2D eigenvalue weighted by Gasteiger charge is 2.38.